The number of benzene rings is 1. The standard InChI is InChI=1S/C19H23N3O2/c1-11(2)17-20-16-6-4-3-5-14(16)19(24)22(17)21-18(23)15-10-12-7-8-13(15)9-12/h3-6,11-13,15H,7-10H2,1-2H3,(H,21,23)/t12-,13+,15-/m1/s1. The number of para-hydroxylation sites is 1. The Morgan fingerprint density at radius 3 is 2.71 bits per heavy atom. The highest BCUT2D eigenvalue weighted by molar-refractivity contribution is 5.87. The van der Waals surface area contributed by atoms with Gasteiger partial charge in [0.15, 0.2) is 0 Å². The second-order valence-electron chi connectivity index (χ2n) is 7.54. The van der Waals surface area contributed by atoms with Crippen LogP contribution in [0.4, 0.5) is 0 Å². The Bertz CT molecular complexity index is 855. The average Bonchev–Trinajstić information content (AvgIpc) is 3.20. The molecule has 5 heteroatoms. The van der Waals surface area contributed by atoms with Crippen LogP contribution >= 0.6 is 0 Å². The molecule has 0 spiro atoms. The van der Waals surface area contributed by atoms with E-state index in [1.54, 1.807) is 6.07 Å². The van der Waals surface area contributed by atoms with Gasteiger partial charge in [-0.15, -0.1) is 0 Å². The van der Waals surface area contributed by atoms with Crippen LogP contribution in [-0.2, 0) is 4.79 Å². The lowest BCUT2D eigenvalue weighted by atomic mass is 9.88. The number of hydrogen-bond acceptors (Lipinski definition) is 3. The smallest absolute Gasteiger partial charge is 0.273 e. The summed E-state index contributed by atoms with van der Waals surface area (Å²) in [6.07, 6.45) is 4.52. The second-order valence-corrected chi connectivity index (χ2v) is 7.54. The Balaban J connectivity index is 1.72. The van der Waals surface area contributed by atoms with Crippen molar-refractivity contribution in [3.63, 3.8) is 0 Å². The number of rotatable bonds is 3. The number of nitrogens with one attached hydrogen (secondary N) is 1. The fourth-order valence-corrected chi connectivity index (χ4v) is 4.40. The molecule has 24 heavy (non-hydrogen) atoms. The molecule has 2 bridgehead atoms. The minimum Gasteiger partial charge on any atom is -0.273 e. The van der Waals surface area contributed by atoms with Gasteiger partial charge in [-0.25, -0.2) is 9.66 Å². The number of amides is 1. The van der Waals surface area contributed by atoms with Gasteiger partial charge in [0.05, 0.1) is 10.9 Å². The third-order valence-electron chi connectivity index (χ3n) is 5.61. The zero-order valence-corrected chi connectivity index (χ0v) is 14.2. The van der Waals surface area contributed by atoms with Crippen molar-refractivity contribution in [2.24, 2.45) is 17.8 Å². The van der Waals surface area contributed by atoms with Crippen molar-refractivity contribution in [3.05, 3.63) is 40.4 Å². The Labute approximate surface area is 141 Å². The number of nitrogens with zero attached hydrogens (tertiary/aromatic N) is 2. The van der Waals surface area contributed by atoms with E-state index in [1.165, 1.54) is 17.5 Å². The molecule has 3 atom stereocenters. The second kappa shape index (κ2) is 5.72. The van der Waals surface area contributed by atoms with E-state index in [2.05, 4.69) is 10.4 Å². The van der Waals surface area contributed by atoms with Crippen molar-refractivity contribution < 1.29 is 4.79 Å². The summed E-state index contributed by atoms with van der Waals surface area (Å²) in [4.78, 5) is 30.3. The summed E-state index contributed by atoms with van der Waals surface area (Å²) in [5.41, 5.74) is 3.37. The topological polar surface area (TPSA) is 64.0 Å². The van der Waals surface area contributed by atoms with Crippen molar-refractivity contribution in [1.29, 1.82) is 0 Å². The quantitative estimate of drug-likeness (QED) is 0.943. The molecule has 2 aliphatic carbocycles. The number of carbonyl (C=O) groups excluding carboxylic acids is 1. The highest BCUT2D eigenvalue weighted by Gasteiger charge is 2.43. The normalized spacial score (nSPS) is 25.5. The van der Waals surface area contributed by atoms with Crippen LogP contribution in [0.2, 0.25) is 0 Å². The van der Waals surface area contributed by atoms with Crippen molar-refractivity contribution in [2.45, 2.75) is 45.4 Å². The SMILES string of the molecule is CC(C)c1nc2ccccc2c(=O)n1NC(=O)[C@@H]1C[C@@H]2CC[C@H]1C2. The third kappa shape index (κ3) is 2.43. The third-order valence-corrected chi connectivity index (χ3v) is 5.61. The van der Waals surface area contributed by atoms with E-state index in [4.69, 9.17) is 0 Å². The fraction of sp³-hybridized carbons (Fsp3) is 0.526. The van der Waals surface area contributed by atoms with E-state index in [9.17, 15) is 9.59 Å². The van der Waals surface area contributed by atoms with Crippen molar-refractivity contribution in [3.8, 4) is 0 Å². The number of fused-ring (bicyclic) bond motifs is 3. The number of aromatic nitrogens is 2. The largest absolute Gasteiger partial charge is 0.280 e. The first-order valence-corrected chi connectivity index (χ1v) is 8.87. The molecule has 0 saturated heterocycles. The maximum Gasteiger partial charge on any atom is 0.280 e. The summed E-state index contributed by atoms with van der Waals surface area (Å²) in [6.45, 7) is 3.97. The van der Waals surface area contributed by atoms with Gasteiger partial charge in [-0.3, -0.25) is 15.0 Å². The molecule has 1 amide bonds. The Kier molecular flexibility index (Phi) is 3.66. The van der Waals surface area contributed by atoms with Crippen molar-refractivity contribution in [2.75, 3.05) is 5.43 Å². The summed E-state index contributed by atoms with van der Waals surface area (Å²) < 4.78 is 1.38. The molecule has 126 valence electrons. The first kappa shape index (κ1) is 15.4. The first-order chi connectivity index (χ1) is 11.5. The monoisotopic (exact) mass is 325 g/mol. The van der Waals surface area contributed by atoms with E-state index >= 15 is 0 Å². The van der Waals surface area contributed by atoms with Gasteiger partial charge < -0.3 is 0 Å². The molecule has 4 rings (SSSR count). The van der Waals surface area contributed by atoms with E-state index in [1.807, 2.05) is 32.0 Å². The molecule has 1 aromatic heterocycles. The molecular formula is C19H23N3O2. The molecule has 5 nitrogen and oxygen atoms in total. The van der Waals surface area contributed by atoms with Crippen LogP contribution in [0, 0.1) is 17.8 Å². The van der Waals surface area contributed by atoms with Gasteiger partial charge in [0.25, 0.3) is 5.56 Å². The van der Waals surface area contributed by atoms with Gasteiger partial charge in [-0.05, 0) is 43.2 Å². The van der Waals surface area contributed by atoms with Crippen LogP contribution in [0.5, 0.6) is 0 Å². The Morgan fingerprint density at radius 1 is 1.25 bits per heavy atom. The van der Waals surface area contributed by atoms with Gasteiger partial charge in [-0.1, -0.05) is 32.4 Å². The highest BCUT2D eigenvalue weighted by atomic mass is 16.2. The first-order valence-electron chi connectivity index (χ1n) is 8.87. The predicted octanol–water partition coefficient (Wildman–Crippen LogP) is 3.03. The summed E-state index contributed by atoms with van der Waals surface area (Å²) in [7, 11) is 0. The summed E-state index contributed by atoms with van der Waals surface area (Å²) in [6, 6.07) is 7.29. The van der Waals surface area contributed by atoms with E-state index in [-0.39, 0.29) is 23.3 Å². The molecule has 1 heterocycles. The molecule has 0 unspecified atom stereocenters. The van der Waals surface area contributed by atoms with Gasteiger partial charge >= 0.3 is 0 Å². The maximum absolute atomic E-state index is 12.9. The van der Waals surface area contributed by atoms with E-state index in [0.29, 0.717) is 28.6 Å². The number of carbonyl (C=O) groups is 1. The van der Waals surface area contributed by atoms with Gasteiger partial charge in [0, 0.05) is 11.8 Å². The average molecular weight is 325 g/mol. The molecule has 1 aromatic carbocycles. The lowest BCUT2D eigenvalue weighted by molar-refractivity contribution is -0.122. The minimum absolute atomic E-state index is 0.0247. The zero-order chi connectivity index (χ0) is 16.8. The van der Waals surface area contributed by atoms with Gasteiger partial charge in [0.1, 0.15) is 5.82 Å². The van der Waals surface area contributed by atoms with Crippen molar-refractivity contribution in [1.82, 2.24) is 9.66 Å². The van der Waals surface area contributed by atoms with Gasteiger partial charge in [0.2, 0.25) is 5.91 Å². The Morgan fingerprint density at radius 2 is 2.04 bits per heavy atom. The van der Waals surface area contributed by atoms with E-state index in [0.717, 1.165) is 12.8 Å². The van der Waals surface area contributed by atoms with Crippen molar-refractivity contribution >= 4 is 16.8 Å². The molecule has 0 radical (unpaired) electrons. The number of hydrogen-bond donors (Lipinski definition) is 1. The molecule has 2 saturated carbocycles. The summed E-state index contributed by atoms with van der Waals surface area (Å²) in [5.74, 6) is 1.85. The van der Waals surface area contributed by atoms with Crippen LogP contribution in [0.25, 0.3) is 10.9 Å². The highest BCUT2D eigenvalue weighted by Crippen LogP contribution is 2.48. The molecule has 2 aliphatic rings. The van der Waals surface area contributed by atoms with Crippen LogP contribution < -0.4 is 11.0 Å². The van der Waals surface area contributed by atoms with Crippen LogP contribution in [0.15, 0.2) is 29.1 Å². The lowest BCUT2D eigenvalue weighted by Crippen LogP contribution is -2.40. The summed E-state index contributed by atoms with van der Waals surface area (Å²) >= 11 is 0. The Hall–Kier alpha value is -2.17. The molecule has 0 aliphatic heterocycles. The molecule has 2 aromatic rings. The fourth-order valence-electron chi connectivity index (χ4n) is 4.40. The van der Waals surface area contributed by atoms with E-state index < -0.39 is 0 Å². The molecular weight excluding hydrogens is 302 g/mol. The van der Waals surface area contributed by atoms with Crippen LogP contribution in [0.3, 0.4) is 0 Å². The van der Waals surface area contributed by atoms with Gasteiger partial charge in [-0.2, -0.15) is 0 Å². The van der Waals surface area contributed by atoms with Crippen LogP contribution in [-0.4, -0.2) is 15.6 Å². The zero-order valence-electron chi connectivity index (χ0n) is 14.2. The lowest BCUT2D eigenvalue weighted by Gasteiger charge is -2.23. The predicted molar refractivity (Wildman–Crippen MR) is 93.4 cm³/mol. The minimum atomic E-state index is -0.194. The summed E-state index contributed by atoms with van der Waals surface area (Å²) in [5, 5.41) is 0.537. The molecule has 2 fully saturated rings. The van der Waals surface area contributed by atoms with Crippen LogP contribution in [0.1, 0.15) is 51.3 Å². The molecule has 1 N–H and O–H groups in total. The maximum atomic E-state index is 12.9.